The molecule has 0 saturated carbocycles. The first-order valence-electron chi connectivity index (χ1n) is 8.27. The first-order valence-corrected chi connectivity index (χ1v) is 10.1. The number of methoxy groups -OCH3 is 1. The molecule has 11 heteroatoms. The van der Waals surface area contributed by atoms with E-state index in [4.69, 9.17) is 14.6 Å². The summed E-state index contributed by atoms with van der Waals surface area (Å²) in [5, 5.41) is 13.2. The lowest BCUT2D eigenvalue weighted by atomic mass is 10.2. The number of aromatic nitrogens is 2. The molecular formula is C18H19BrN4O5S. The number of hydrazone groups is 1. The van der Waals surface area contributed by atoms with Crippen LogP contribution in [0.2, 0.25) is 0 Å². The van der Waals surface area contributed by atoms with Crippen molar-refractivity contribution in [3.05, 3.63) is 39.6 Å². The van der Waals surface area contributed by atoms with E-state index in [-0.39, 0.29) is 17.4 Å². The molecule has 0 aliphatic carbocycles. The molecule has 2 N–H and O–H groups in total. The SMILES string of the molecule is COc1cc(/C=N\NC(=O)CSc2nc(C)cc(C)n2)cc(Br)c1OCC(=O)O. The van der Waals surface area contributed by atoms with Gasteiger partial charge in [-0.25, -0.2) is 20.2 Å². The summed E-state index contributed by atoms with van der Waals surface area (Å²) in [6.45, 7) is 3.24. The zero-order valence-corrected chi connectivity index (χ0v) is 18.3. The van der Waals surface area contributed by atoms with Crippen LogP contribution in [0.1, 0.15) is 17.0 Å². The number of amides is 1. The Morgan fingerprint density at radius 2 is 1.97 bits per heavy atom. The zero-order valence-electron chi connectivity index (χ0n) is 15.9. The summed E-state index contributed by atoms with van der Waals surface area (Å²) < 4.78 is 10.9. The Morgan fingerprint density at radius 3 is 2.59 bits per heavy atom. The third-order valence-corrected chi connectivity index (χ3v) is 4.73. The van der Waals surface area contributed by atoms with E-state index in [0.717, 1.165) is 11.4 Å². The molecule has 1 heterocycles. The van der Waals surface area contributed by atoms with E-state index in [1.165, 1.54) is 25.1 Å². The smallest absolute Gasteiger partial charge is 0.341 e. The molecule has 0 radical (unpaired) electrons. The minimum Gasteiger partial charge on any atom is -0.493 e. The molecule has 1 amide bonds. The van der Waals surface area contributed by atoms with Gasteiger partial charge in [0.25, 0.3) is 5.91 Å². The zero-order chi connectivity index (χ0) is 21.4. The Labute approximate surface area is 180 Å². The van der Waals surface area contributed by atoms with Gasteiger partial charge in [-0.1, -0.05) is 11.8 Å². The maximum absolute atomic E-state index is 12.0. The van der Waals surface area contributed by atoms with E-state index in [1.54, 1.807) is 12.1 Å². The van der Waals surface area contributed by atoms with Crippen molar-refractivity contribution in [2.24, 2.45) is 5.10 Å². The van der Waals surface area contributed by atoms with Gasteiger partial charge in [-0.2, -0.15) is 5.10 Å². The summed E-state index contributed by atoms with van der Waals surface area (Å²) >= 11 is 4.53. The molecule has 0 unspecified atom stereocenters. The Balaban J connectivity index is 1.95. The average Bonchev–Trinajstić information content (AvgIpc) is 2.64. The number of aryl methyl sites for hydroxylation is 2. The van der Waals surface area contributed by atoms with Crippen LogP contribution in [0.15, 0.2) is 32.9 Å². The second kappa shape index (κ2) is 10.8. The number of thioether (sulfide) groups is 1. The van der Waals surface area contributed by atoms with E-state index < -0.39 is 12.6 Å². The van der Waals surface area contributed by atoms with Crippen LogP contribution in [0, 0.1) is 13.8 Å². The number of ether oxygens (including phenoxy) is 2. The number of hydrogen-bond donors (Lipinski definition) is 2. The highest BCUT2D eigenvalue weighted by Gasteiger charge is 2.13. The minimum absolute atomic E-state index is 0.120. The summed E-state index contributed by atoms with van der Waals surface area (Å²) in [5.74, 6) is -0.690. The maximum Gasteiger partial charge on any atom is 0.341 e. The summed E-state index contributed by atoms with van der Waals surface area (Å²) in [6.07, 6.45) is 1.43. The number of halogens is 1. The van der Waals surface area contributed by atoms with E-state index in [9.17, 15) is 9.59 Å². The second-order valence-electron chi connectivity index (χ2n) is 5.73. The molecule has 9 nitrogen and oxygen atoms in total. The number of rotatable bonds is 9. The van der Waals surface area contributed by atoms with Crippen molar-refractivity contribution in [1.82, 2.24) is 15.4 Å². The lowest BCUT2D eigenvalue weighted by Gasteiger charge is -2.12. The predicted molar refractivity (Wildman–Crippen MR) is 112 cm³/mol. The third-order valence-electron chi connectivity index (χ3n) is 3.29. The predicted octanol–water partition coefficient (Wildman–Crippen LogP) is 2.57. The van der Waals surface area contributed by atoms with Gasteiger partial charge in [0.15, 0.2) is 23.3 Å². The van der Waals surface area contributed by atoms with E-state index in [2.05, 4.69) is 36.4 Å². The molecule has 1 aromatic heterocycles. The fourth-order valence-electron chi connectivity index (χ4n) is 2.19. The molecule has 0 atom stereocenters. The number of carbonyl (C=O) groups is 2. The van der Waals surface area contributed by atoms with E-state index in [0.29, 0.717) is 20.9 Å². The van der Waals surface area contributed by atoms with Crippen LogP contribution in [-0.2, 0) is 9.59 Å². The van der Waals surface area contributed by atoms with E-state index in [1.807, 2.05) is 19.9 Å². The van der Waals surface area contributed by atoms with Gasteiger partial charge in [0.2, 0.25) is 0 Å². The normalized spacial score (nSPS) is 10.8. The van der Waals surface area contributed by atoms with Gasteiger partial charge in [0.05, 0.1) is 23.5 Å². The van der Waals surface area contributed by atoms with Crippen LogP contribution in [-0.4, -0.2) is 52.6 Å². The number of benzene rings is 1. The van der Waals surface area contributed by atoms with Crippen molar-refractivity contribution in [2.45, 2.75) is 19.0 Å². The molecule has 0 spiro atoms. The highest BCUT2D eigenvalue weighted by atomic mass is 79.9. The van der Waals surface area contributed by atoms with E-state index >= 15 is 0 Å². The van der Waals surface area contributed by atoms with Gasteiger partial charge in [0.1, 0.15) is 0 Å². The summed E-state index contributed by atoms with van der Waals surface area (Å²) in [7, 11) is 1.43. The van der Waals surface area contributed by atoms with Crippen molar-refractivity contribution in [2.75, 3.05) is 19.5 Å². The second-order valence-corrected chi connectivity index (χ2v) is 7.53. The molecule has 0 aliphatic heterocycles. The largest absolute Gasteiger partial charge is 0.493 e. The molecule has 2 rings (SSSR count). The Hall–Kier alpha value is -2.66. The number of nitrogens with one attached hydrogen (secondary N) is 1. The van der Waals surface area contributed by atoms with Crippen molar-refractivity contribution < 1.29 is 24.2 Å². The summed E-state index contributed by atoms with van der Waals surface area (Å²) in [5.41, 5.74) is 4.73. The number of carboxylic acid groups (broad SMARTS) is 1. The maximum atomic E-state index is 12.0. The number of carboxylic acids is 1. The molecule has 154 valence electrons. The van der Waals surface area contributed by atoms with Gasteiger partial charge >= 0.3 is 5.97 Å². The highest BCUT2D eigenvalue weighted by Crippen LogP contribution is 2.36. The Bertz CT molecular complexity index is 918. The van der Waals surface area contributed by atoms with Gasteiger partial charge in [0, 0.05) is 11.4 Å². The van der Waals surface area contributed by atoms with Crippen LogP contribution >= 0.6 is 27.7 Å². The molecule has 0 bridgehead atoms. The van der Waals surface area contributed by atoms with Crippen molar-refractivity contribution in [1.29, 1.82) is 0 Å². The lowest BCUT2D eigenvalue weighted by molar-refractivity contribution is -0.139. The Morgan fingerprint density at radius 1 is 1.28 bits per heavy atom. The summed E-state index contributed by atoms with van der Waals surface area (Å²) in [6, 6.07) is 5.13. The third kappa shape index (κ3) is 7.35. The molecule has 1 aromatic carbocycles. The standard InChI is InChI=1S/C18H19BrN4O5S/c1-10-4-11(2)22-18(21-10)29-9-15(24)23-20-7-12-5-13(19)17(14(6-12)27-3)28-8-16(25)26/h4-7H,8-9H2,1-3H3,(H,23,24)(H,25,26)/b20-7-. The topological polar surface area (TPSA) is 123 Å². The van der Waals surface area contributed by atoms with Crippen molar-refractivity contribution in [3.63, 3.8) is 0 Å². The number of aliphatic carboxylic acids is 1. The van der Waals surface area contributed by atoms with Crippen LogP contribution in [0.3, 0.4) is 0 Å². The van der Waals surface area contributed by atoms with Crippen LogP contribution < -0.4 is 14.9 Å². The number of hydrogen-bond acceptors (Lipinski definition) is 8. The van der Waals surface area contributed by atoms with Gasteiger partial charge < -0.3 is 14.6 Å². The molecule has 0 aliphatic rings. The van der Waals surface area contributed by atoms with Gasteiger partial charge in [-0.3, -0.25) is 4.79 Å². The summed E-state index contributed by atoms with van der Waals surface area (Å²) in [4.78, 5) is 31.2. The Kier molecular flexibility index (Phi) is 8.40. The monoisotopic (exact) mass is 482 g/mol. The average molecular weight is 483 g/mol. The molecular weight excluding hydrogens is 464 g/mol. The molecule has 2 aromatic rings. The number of nitrogens with zero attached hydrogens (tertiary/aromatic N) is 3. The minimum atomic E-state index is -1.10. The molecule has 0 saturated heterocycles. The highest BCUT2D eigenvalue weighted by molar-refractivity contribution is 9.10. The number of carbonyl (C=O) groups excluding carboxylic acids is 1. The fourth-order valence-corrected chi connectivity index (χ4v) is 3.50. The van der Waals surface area contributed by atoms with Gasteiger partial charge in [-0.15, -0.1) is 0 Å². The molecule has 0 fully saturated rings. The quantitative estimate of drug-likeness (QED) is 0.242. The fraction of sp³-hybridized carbons (Fsp3) is 0.278. The lowest BCUT2D eigenvalue weighted by Crippen LogP contribution is -2.19. The van der Waals surface area contributed by atoms with Crippen molar-refractivity contribution >= 4 is 45.8 Å². The van der Waals surface area contributed by atoms with Crippen molar-refractivity contribution in [3.8, 4) is 11.5 Å². The molecule has 29 heavy (non-hydrogen) atoms. The van der Waals surface area contributed by atoms with Crippen LogP contribution in [0.25, 0.3) is 0 Å². The first kappa shape index (κ1) is 22.6. The first-order chi connectivity index (χ1) is 13.8. The van der Waals surface area contributed by atoms with Crippen LogP contribution in [0.5, 0.6) is 11.5 Å². The van der Waals surface area contributed by atoms with Gasteiger partial charge in [-0.05, 0) is 53.5 Å². The van der Waals surface area contributed by atoms with Crippen LogP contribution in [0.4, 0.5) is 0 Å².